The van der Waals surface area contributed by atoms with Gasteiger partial charge in [-0.3, -0.25) is 9.59 Å². The lowest BCUT2D eigenvalue weighted by atomic mass is 9.99. The Kier molecular flexibility index (Phi) is 8.18. The average molecular weight is 453 g/mol. The fraction of sp³-hybridized carbons (Fsp3) is 0.400. The second-order valence-electron chi connectivity index (χ2n) is 6.11. The van der Waals surface area contributed by atoms with Crippen LogP contribution < -0.4 is 10.1 Å². The highest BCUT2D eigenvalue weighted by atomic mass is 127. The Hall–Kier alpha value is -1.63. The van der Waals surface area contributed by atoms with Gasteiger partial charge in [-0.2, -0.15) is 0 Å². The number of halogens is 1. The van der Waals surface area contributed by atoms with E-state index in [1.54, 1.807) is 6.07 Å². The molecule has 2 rings (SSSR count). The number of hydrogen-bond acceptors (Lipinski definition) is 3. The fourth-order valence-corrected chi connectivity index (χ4v) is 3.24. The van der Waals surface area contributed by atoms with Crippen molar-refractivity contribution in [3.63, 3.8) is 0 Å². The minimum absolute atomic E-state index is 0.0835. The minimum Gasteiger partial charge on any atom is -0.426 e. The smallest absolute Gasteiger partial charge is 0.308 e. The van der Waals surface area contributed by atoms with Crippen molar-refractivity contribution in [3.8, 4) is 5.75 Å². The molecule has 1 amide bonds. The number of carbonyl (C=O) groups is 2. The van der Waals surface area contributed by atoms with Crippen LogP contribution >= 0.6 is 22.6 Å². The minimum atomic E-state index is -0.424. The molecule has 1 aliphatic heterocycles. The van der Waals surface area contributed by atoms with E-state index in [2.05, 4.69) is 46.1 Å². The summed E-state index contributed by atoms with van der Waals surface area (Å²) in [5.74, 6) is -0.268. The summed E-state index contributed by atoms with van der Waals surface area (Å²) in [7, 11) is 0. The van der Waals surface area contributed by atoms with Crippen LogP contribution in [0.2, 0.25) is 0 Å². The predicted octanol–water partition coefficient (Wildman–Crippen LogP) is 4.72. The molecule has 0 saturated heterocycles. The Bertz CT molecular complexity index is 667. The summed E-state index contributed by atoms with van der Waals surface area (Å²) in [5.41, 5.74) is 1.34. The molecule has 0 saturated carbocycles. The second kappa shape index (κ2) is 10.4. The molecule has 1 atom stereocenters. The molecule has 25 heavy (non-hydrogen) atoms. The molecule has 1 N–H and O–H groups in total. The maximum atomic E-state index is 12.9. The van der Waals surface area contributed by atoms with Crippen molar-refractivity contribution in [3.05, 3.63) is 51.6 Å². The van der Waals surface area contributed by atoms with E-state index >= 15 is 0 Å². The van der Waals surface area contributed by atoms with Crippen LogP contribution in [0.25, 0.3) is 0 Å². The molecule has 0 aromatic heterocycles. The zero-order valence-corrected chi connectivity index (χ0v) is 16.6. The van der Waals surface area contributed by atoms with Gasteiger partial charge in [0.2, 0.25) is 0 Å². The number of carbonyl (C=O) groups excluding carboxylic acids is 2. The molecule has 0 radical (unpaired) electrons. The van der Waals surface area contributed by atoms with E-state index in [1.807, 2.05) is 16.2 Å². The Morgan fingerprint density at radius 3 is 2.96 bits per heavy atom. The third kappa shape index (κ3) is 6.30. The van der Waals surface area contributed by atoms with Gasteiger partial charge in [-0.1, -0.05) is 59.4 Å². The summed E-state index contributed by atoms with van der Waals surface area (Å²) < 4.78 is 7.26. The van der Waals surface area contributed by atoms with Gasteiger partial charge in [0, 0.05) is 13.0 Å². The lowest BCUT2D eigenvalue weighted by Gasteiger charge is -2.20. The Morgan fingerprint density at radius 1 is 1.36 bits per heavy atom. The van der Waals surface area contributed by atoms with Crippen molar-refractivity contribution in [1.82, 2.24) is 5.32 Å². The van der Waals surface area contributed by atoms with Gasteiger partial charge in [-0.15, -0.1) is 0 Å². The van der Waals surface area contributed by atoms with Crippen LogP contribution in [-0.2, 0) is 11.2 Å². The first-order valence-corrected chi connectivity index (χ1v) is 9.87. The molecular weight excluding hydrogens is 429 g/mol. The topological polar surface area (TPSA) is 55.4 Å². The molecule has 0 unspecified atom stereocenters. The van der Waals surface area contributed by atoms with Crippen LogP contribution in [0.3, 0.4) is 0 Å². The zero-order chi connectivity index (χ0) is 18.1. The lowest BCUT2D eigenvalue weighted by molar-refractivity contribution is -0.131. The molecule has 4 nitrogen and oxygen atoms in total. The second-order valence-corrected chi connectivity index (χ2v) is 6.83. The van der Waals surface area contributed by atoms with Crippen LogP contribution in [0.1, 0.15) is 54.9 Å². The van der Waals surface area contributed by atoms with Crippen molar-refractivity contribution >= 4 is 34.5 Å². The number of benzene rings is 1. The van der Waals surface area contributed by atoms with E-state index in [-0.39, 0.29) is 11.9 Å². The highest BCUT2D eigenvalue weighted by molar-refractivity contribution is 14.1. The van der Waals surface area contributed by atoms with Crippen LogP contribution in [0.4, 0.5) is 0 Å². The van der Waals surface area contributed by atoms with Crippen LogP contribution in [0.5, 0.6) is 5.75 Å². The van der Waals surface area contributed by atoms with E-state index in [0.29, 0.717) is 17.7 Å². The van der Waals surface area contributed by atoms with Gasteiger partial charge in [-0.05, 0) is 47.8 Å². The van der Waals surface area contributed by atoms with Gasteiger partial charge in [0.1, 0.15) is 5.75 Å². The molecular formula is C20H24INO3. The normalized spacial score (nSPS) is 20.1. The SMILES string of the molecule is CC(=O)Oc1cccc2c1C(=O)N[C@@H](C/C=C/I)CCCC/C=C/C2. The van der Waals surface area contributed by atoms with Crippen molar-refractivity contribution in [1.29, 1.82) is 0 Å². The maximum Gasteiger partial charge on any atom is 0.308 e. The third-order valence-electron chi connectivity index (χ3n) is 4.12. The predicted molar refractivity (Wildman–Crippen MR) is 108 cm³/mol. The third-order valence-corrected chi connectivity index (χ3v) is 4.62. The number of fused-ring (bicyclic) bond motifs is 1. The van der Waals surface area contributed by atoms with E-state index in [1.165, 1.54) is 6.92 Å². The number of amides is 1. The summed E-state index contributed by atoms with van der Waals surface area (Å²) in [4.78, 5) is 24.4. The molecule has 5 heteroatoms. The fourth-order valence-electron chi connectivity index (χ4n) is 2.95. The van der Waals surface area contributed by atoms with Gasteiger partial charge in [0.25, 0.3) is 5.91 Å². The molecule has 1 heterocycles. The summed E-state index contributed by atoms with van der Waals surface area (Å²) in [6, 6.07) is 5.49. The highest BCUT2D eigenvalue weighted by Crippen LogP contribution is 2.25. The first-order chi connectivity index (χ1) is 12.1. The molecule has 0 aliphatic carbocycles. The van der Waals surface area contributed by atoms with Crippen molar-refractivity contribution in [2.75, 3.05) is 0 Å². The van der Waals surface area contributed by atoms with E-state index in [9.17, 15) is 9.59 Å². The average Bonchev–Trinajstić information content (AvgIpc) is 2.56. The summed E-state index contributed by atoms with van der Waals surface area (Å²) in [6.45, 7) is 1.35. The monoisotopic (exact) mass is 453 g/mol. The number of ether oxygens (including phenoxy) is 1. The zero-order valence-electron chi connectivity index (χ0n) is 14.5. The largest absolute Gasteiger partial charge is 0.426 e. The van der Waals surface area contributed by atoms with Gasteiger partial charge in [0.05, 0.1) is 5.56 Å². The number of allylic oxidation sites excluding steroid dienone is 2. The summed E-state index contributed by atoms with van der Waals surface area (Å²) >= 11 is 2.19. The van der Waals surface area contributed by atoms with Gasteiger partial charge in [0.15, 0.2) is 0 Å². The number of nitrogens with one attached hydrogen (secondary N) is 1. The standard InChI is InChI=1S/C20H24INO3/c1-15(23)25-18-13-7-10-16-9-5-3-2-4-6-11-17(12-8-14-21)22-20(24)19(16)18/h3,5,7-8,10,13-14,17H,2,4,6,9,11-12H2,1H3,(H,22,24)/b5-3+,14-8+/t17-/m1/s1. The highest BCUT2D eigenvalue weighted by Gasteiger charge is 2.21. The molecule has 1 aromatic rings. The number of rotatable bonds is 3. The lowest BCUT2D eigenvalue weighted by Crippen LogP contribution is -2.35. The Morgan fingerprint density at radius 2 is 2.20 bits per heavy atom. The van der Waals surface area contributed by atoms with Crippen molar-refractivity contribution in [2.24, 2.45) is 0 Å². The Balaban J connectivity index is 2.37. The first kappa shape index (κ1) is 19.7. The van der Waals surface area contributed by atoms with Gasteiger partial charge in [-0.25, -0.2) is 0 Å². The Labute approximate surface area is 162 Å². The van der Waals surface area contributed by atoms with Crippen LogP contribution in [0.15, 0.2) is 40.5 Å². The summed E-state index contributed by atoms with van der Waals surface area (Å²) in [6.07, 6.45) is 11.9. The molecule has 1 aromatic carbocycles. The van der Waals surface area contributed by atoms with Crippen molar-refractivity contribution in [2.45, 2.75) is 51.5 Å². The van der Waals surface area contributed by atoms with Crippen molar-refractivity contribution < 1.29 is 14.3 Å². The molecule has 0 bridgehead atoms. The molecule has 134 valence electrons. The van der Waals surface area contributed by atoms with Crippen LogP contribution in [0, 0.1) is 0 Å². The summed E-state index contributed by atoms with van der Waals surface area (Å²) in [5, 5.41) is 3.13. The first-order valence-electron chi connectivity index (χ1n) is 8.63. The van der Waals surface area contributed by atoms with Gasteiger partial charge >= 0.3 is 5.97 Å². The molecule has 0 spiro atoms. The van der Waals surface area contributed by atoms with Gasteiger partial charge < -0.3 is 10.1 Å². The van der Waals surface area contributed by atoms with E-state index < -0.39 is 5.97 Å². The van der Waals surface area contributed by atoms with Crippen LogP contribution in [-0.4, -0.2) is 17.9 Å². The molecule has 0 fully saturated rings. The van der Waals surface area contributed by atoms with E-state index in [0.717, 1.165) is 37.7 Å². The van der Waals surface area contributed by atoms with E-state index in [4.69, 9.17) is 4.74 Å². The number of esters is 1. The number of hydrogen-bond donors (Lipinski definition) is 1. The quantitative estimate of drug-likeness (QED) is 0.312. The molecule has 1 aliphatic rings. The maximum absolute atomic E-state index is 12.9.